The summed E-state index contributed by atoms with van der Waals surface area (Å²) in [6.45, 7) is 2.16. The summed E-state index contributed by atoms with van der Waals surface area (Å²) in [5.41, 5.74) is 5.35. The second-order valence-corrected chi connectivity index (χ2v) is 8.53. The van der Waals surface area contributed by atoms with E-state index in [0.717, 1.165) is 50.9 Å². The van der Waals surface area contributed by atoms with Crippen LogP contribution in [0.1, 0.15) is 18.9 Å². The number of fused-ring (bicyclic) bond motifs is 2. The maximum absolute atomic E-state index is 12.6. The molecule has 0 amide bonds. The third kappa shape index (κ3) is 3.76. The summed E-state index contributed by atoms with van der Waals surface area (Å²) >= 11 is 0. The predicted octanol–water partition coefficient (Wildman–Crippen LogP) is 4.16. The van der Waals surface area contributed by atoms with Gasteiger partial charge in [0.25, 0.3) is 0 Å². The van der Waals surface area contributed by atoms with Gasteiger partial charge >= 0.3 is 5.97 Å². The fraction of sp³-hybridized carbons (Fsp3) is 0.308. The van der Waals surface area contributed by atoms with Crippen LogP contribution in [0, 0.1) is 5.92 Å². The van der Waals surface area contributed by atoms with Crippen LogP contribution in [0.15, 0.2) is 58.5 Å². The Morgan fingerprint density at radius 1 is 1.16 bits per heavy atom. The first kappa shape index (κ1) is 20.9. The Hall–Kier alpha value is -3.34. The first-order valence-electron chi connectivity index (χ1n) is 10.5. The van der Waals surface area contributed by atoms with Gasteiger partial charge < -0.3 is 14.1 Å². The van der Waals surface area contributed by atoms with Crippen LogP contribution >= 0.6 is 0 Å². The van der Waals surface area contributed by atoms with E-state index in [-0.39, 0.29) is 5.97 Å². The molecule has 1 atom stereocenters. The topological polar surface area (TPSA) is 45.7 Å². The quantitative estimate of drug-likeness (QED) is 0.365. The molecule has 5 heteroatoms. The van der Waals surface area contributed by atoms with Crippen molar-refractivity contribution in [3.05, 3.63) is 65.0 Å². The zero-order chi connectivity index (χ0) is 22.3. The minimum Gasteiger partial charge on any atom is -0.465 e. The van der Waals surface area contributed by atoms with E-state index in [9.17, 15) is 4.79 Å². The van der Waals surface area contributed by atoms with Crippen LogP contribution in [0.2, 0.25) is 0 Å². The van der Waals surface area contributed by atoms with E-state index in [2.05, 4.69) is 58.9 Å². The van der Waals surface area contributed by atoms with E-state index < -0.39 is 0 Å². The summed E-state index contributed by atoms with van der Waals surface area (Å²) < 4.78 is 13.6. The van der Waals surface area contributed by atoms with Gasteiger partial charge in [0.2, 0.25) is 5.36 Å². The molecule has 3 aliphatic rings. The van der Waals surface area contributed by atoms with Crippen molar-refractivity contribution in [3.63, 3.8) is 0 Å². The first-order chi connectivity index (χ1) is 14.8. The van der Waals surface area contributed by atoms with E-state index in [0.29, 0.717) is 11.5 Å². The number of hydrogen-bond acceptors (Lipinski definition) is 4. The van der Waals surface area contributed by atoms with Crippen molar-refractivity contribution >= 4 is 28.2 Å². The molecule has 4 rings (SSSR count). The maximum atomic E-state index is 12.6. The minimum absolute atomic E-state index is 0.310. The molecule has 1 aromatic rings. The van der Waals surface area contributed by atoms with Gasteiger partial charge in [-0.2, -0.15) is 0 Å². The molecule has 0 saturated carbocycles. The van der Waals surface area contributed by atoms with Crippen molar-refractivity contribution in [2.45, 2.75) is 13.3 Å². The van der Waals surface area contributed by atoms with Gasteiger partial charge in [-0.25, -0.2) is 9.37 Å². The van der Waals surface area contributed by atoms with Crippen LogP contribution in [-0.2, 0) is 9.53 Å². The second kappa shape index (κ2) is 8.06. The lowest BCUT2D eigenvalue weighted by Gasteiger charge is -2.23. The molecule has 0 bridgehead atoms. The highest BCUT2D eigenvalue weighted by molar-refractivity contribution is 6.13. The normalized spacial score (nSPS) is 16.1. The van der Waals surface area contributed by atoms with Gasteiger partial charge in [-0.1, -0.05) is 19.1 Å². The lowest BCUT2D eigenvalue weighted by molar-refractivity contribution is -0.135. The third-order valence-corrected chi connectivity index (χ3v) is 5.83. The van der Waals surface area contributed by atoms with Gasteiger partial charge in [-0.05, 0) is 36.1 Å². The maximum Gasteiger partial charge on any atom is 0.338 e. The van der Waals surface area contributed by atoms with Gasteiger partial charge in [-0.3, -0.25) is 0 Å². The van der Waals surface area contributed by atoms with Crippen LogP contribution in [0.4, 0.5) is 5.69 Å². The molecule has 0 radical (unpaired) electrons. The van der Waals surface area contributed by atoms with Crippen LogP contribution < -0.4 is 14.8 Å². The molecule has 0 saturated heterocycles. The predicted molar refractivity (Wildman–Crippen MR) is 126 cm³/mol. The second-order valence-electron chi connectivity index (χ2n) is 8.53. The van der Waals surface area contributed by atoms with Crippen molar-refractivity contribution in [1.82, 2.24) is 4.58 Å². The Kier molecular flexibility index (Phi) is 5.44. The molecule has 31 heavy (non-hydrogen) atoms. The van der Waals surface area contributed by atoms with Crippen molar-refractivity contribution in [1.29, 1.82) is 0 Å². The fourth-order valence-electron chi connectivity index (χ4n) is 4.09. The van der Waals surface area contributed by atoms with Crippen molar-refractivity contribution in [3.8, 4) is 11.3 Å². The number of esters is 1. The van der Waals surface area contributed by atoms with Crippen molar-refractivity contribution in [2.24, 2.45) is 5.92 Å². The molecule has 1 aliphatic heterocycles. The standard InChI is InChI=1S/C26H29N2O3/c1-16-7-10-19(26(29)30-6)22(13-16)25-20-11-8-17(27(2)3)14-23(20)31-24-15-18(28(4)5)9-12-21(24)25/h8-16H,7H2,1-6H3/q+1. The molecule has 0 spiro atoms. The molecular weight excluding hydrogens is 388 g/mol. The monoisotopic (exact) mass is 417 g/mol. The lowest BCUT2D eigenvalue weighted by Crippen LogP contribution is -2.21. The van der Waals surface area contributed by atoms with Gasteiger partial charge in [-0.15, -0.1) is 0 Å². The number of methoxy groups -OCH3 is 1. The van der Waals surface area contributed by atoms with E-state index in [1.807, 2.05) is 34.3 Å². The highest BCUT2D eigenvalue weighted by Gasteiger charge is 2.27. The number of rotatable bonds is 3. The number of benzene rings is 2. The molecule has 2 aliphatic carbocycles. The van der Waals surface area contributed by atoms with E-state index >= 15 is 0 Å². The number of hydrogen-bond donors (Lipinski definition) is 0. The van der Waals surface area contributed by atoms with E-state index in [4.69, 9.17) is 9.15 Å². The number of nitrogens with zero attached hydrogens (tertiary/aromatic N) is 2. The third-order valence-electron chi connectivity index (χ3n) is 5.83. The Morgan fingerprint density at radius 3 is 2.61 bits per heavy atom. The SMILES string of the molecule is COC(=O)C1=CCC(C)C=C1c1c2ccc(=[N+](C)C)cc-2oc2cc(N(C)C)ccc12. The summed E-state index contributed by atoms with van der Waals surface area (Å²) in [5, 5.41) is 2.03. The van der Waals surface area contributed by atoms with Crippen LogP contribution in [0.5, 0.6) is 0 Å². The number of carbonyl (C=O) groups is 1. The molecule has 1 unspecified atom stereocenters. The molecule has 160 valence electrons. The van der Waals surface area contributed by atoms with Crippen LogP contribution in [-0.4, -0.2) is 41.3 Å². The van der Waals surface area contributed by atoms with E-state index in [1.54, 1.807) is 0 Å². The van der Waals surface area contributed by atoms with Crippen LogP contribution in [0.25, 0.3) is 27.9 Å². The Morgan fingerprint density at radius 2 is 1.94 bits per heavy atom. The molecule has 5 nitrogen and oxygen atoms in total. The van der Waals surface area contributed by atoms with Crippen molar-refractivity contribution < 1.29 is 13.9 Å². The summed E-state index contributed by atoms with van der Waals surface area (Å²) in [4.78, 5) is 14.7. The first-order valence-corrected chi connectivity index (χ1v) is 10.5. The Labute approximate surface area is 182 Å². The fourth-order valence-corrected chi connectivity index (χ4v) is 4.09. The highest BCUT2D eigenvalue weighted by atomic mass is 16.5. The van der Waals surface area contributed by atoms with Crippen molar-refractivity contribution in [2.75, 3.05) is 40.2 Å². The van der Waals surface area contributed by atoms with E-state index in [1.165, 1.54) is 7.11 Å². The Balaban J connectivity index is 2.12. The van der Waals surface area contributed by atoms with Gasteiger partial charge in [0.15, 0.2) is 0 Å². The summed E-state index contributed by atoms with van der Waals surface area (Å²) in [6.07, 6.45) is 4.99. The number of carbonyl (C=O) groups excluding carboxylic acids is 1. The summed E-state index contributed by atoms with van der Waals surface area (Å²) in [6, 6.07) is 12.4. The number of anilines is 1. The van der Waals surface area contributed by atoms with Gasteiger partial charge in [0, 0.05) is 48.4 Å². The molecule has 0 aromatic heterocycles. The molecule has 0 fully saturated rings. The molecular formula is C26H29N2O3+. The van der Waals surface area contributed by atoms with Crippen LogP contribution in [0.3, 0.4) is 0 Å². The average Bonchev–Trinajstić information content (AvgIpc) is 2.75. The highest BCUT2D eigenvalue weighted by Crippen LogP contribution is 2.42. The summed E-state index contributed by atoms with van der Waals surface area (Å²) in [5.74, 6) is 0.802. The zero-order valence-corrected chi connectivity index (χ0v) is 19.0. The number of allylic oxidation sites excluding steroid dienone is 2. The Bertz CT molecular complexity index is 1270. The largest absolute Gasteiger partial charge is 0.465 e. The summed E-state index contributed by atoms with van der Waals surface area (Å²) in [7, 11) is 9.48. The average molecular weight is 418 g/mol. The minimum atomic E-state index is -0.310. The van der Waals surface area contributed by atoms with Gasteiger partial charge in [0.1, 0.15) is 25.4 Å². The molecule has 0 N–H and O–H groups in total. The molecule has 1 heterocycles. The zero-order valence-electron chi connectivity index (χ0n) is 19.0. The molecule has 1 aromatic carbocycles. The number of ether oxygens (including phenoxy) is 1. The van der Waals surface area contributed by atoms with Gasteiger partial charge in [0.05, 0.1) is 18.7 Å². The smallest absolute Gasteiger partial charge is 0.338 e. The lowest BCUT2D eigenvalue weighted by atomic mass is 9.83.